The third-order valence-electron chi connectivity index (χ3n) is 5.89. The zero-order valence-electron chi connectivity index (χ0n) is 21.0. The number of carbonyl (C=O) groups is 1. The fraction of sp³-hybridized carbons (Fsp3) is 0.133. The van der Waals surface area contributed by atoms with Gasteiger partial charge >= 0.3 is 12.1 Å². The summed E-state index contributed by atoms with van der Waals surface area (Å²) in [6, 6.07) is 33.5. The van der Waals surface area contributed by atoms with Gasteiger partial charge in [-0.15, -0.1) is 0 Å². The standard InChI is InChI=1S/C28H25N3O.C2HF3O2/c1-32-25-16-8-21(9-17-25)19-29-18-20-6-10-22(11-7-20)23-12-14-24(15-13-23)28-30-26-4-2-3-5-27(26)31-28;3-2(4,5)1(6)7/h2-17,29H,18-19H2,1H3,(H,30,31);(H,6,7). The number of halogens is 3. The van der Waals surface area contributed by atoms with Crippen LogP contribution in [0.3, 0.4) is 0 Å². The molecular formula is C30H26F3N3O3. The Balaban J connectivity index is 0.000000448. The van der Waals surface area contributed by atoms with E-state index in [0.29, 0.717) is 0 Å². The molecule has 0 fully saturated rings. The quantitative estimate of drug-likeness (QED) is 0.214. The Kier molecular flexibility index (Phi) is 8.63. The smallest absolute Gasteiger partial charge is 0.490 e. The number of nitrogens with zero attached hydrogens (tertiary/aromatic N) is 1. The van der Waals surface area contributed by atoms with Crippen LogP contribution in [0, 0.1) is 0 Å². The summed E-state index contributed by atoms with van der Waals surface area (Å²) in [5.74, 6) is -0.974. The number of benzene rings is 4. The normalized spacial score (nSPS) is 11.1. The summed E-state index contributed by atoms with van der Waals surface area (Å²) in [5.41, 5.74) is 8.05. The average Bonchev–Trinajstić information content (AvgIpc) is 3.38. The number of aromatic nitrogens is 2. The molecule has 1 aromatic heterocycles. The highest BCUT2D eigenvalue weighted by atomic mass is 19.4. The van der Waals surface area contributed by atoms with Gasteiger partial charge < -0.3 is 20.1 Å². The van der Waals surface area contributed by atoms with E-state index in [0.717, 1.165) is 41.3 Å². The van der Waals surface area contributed by atoms with Gasteiger partial charge in [-0.25, -0.2) is 9.78 Å². The van der Waals surface area contributed by atoms with E-state index < -0.39 is 12.1 Å². The number of aliphatic carboxylic acids is 1. The fourth-order valence-corrected chi connectivity index (χ4v) is 3.82. The van der Waals surface area contributed by atoms with Crippen molar-refractivity contribution in [1.82, 2.24) is 15.3 Å². The number of hydrogen-bond donors (Lipinski definition) is 3. The average molecular weight is 534 g/mol. The molecule has 0 saturated carbocycles. The summed E-state index contributed by atoms with van der Waals surface area (Å²) < 4.78 is 36.9. The molecule has 5 aromatic rings. The number of imidazole rings is 1. The molecule has 0 spiro atoms. The van der Waals surface area contributed by atoms with Crippen molar-refractivity contribution in [3.05, 3.63) is 108 Å². The van der Waals surface area contributed by atoms with Crippen LogP contribution in [0.4, 0.5) is 13.2 Å². The first-order chi connectivity index (χ1) is 18.7. The largest absolute Gasteiger partial charge is 0.497 e. The third kappa shape index (κ3) is 7.45. The van der Waals surface area contributed by atoms with E-state index in [4.69, 9.17) is 14.6 Å². The summed E-state index contributed by atoms with van der Waals surface area (Å²) >= 11 is 0. The Morgan fingerprint density at radius 1 is 0.821 bits per heavy atom. The maximum atomic E-state index is 10.6. The van der Waals surface area contributed by atoms with Crippen LogP contribution < -0.4 is 10.1 Å². The Labute approximate surface area is 223 Å². The first-order valence-electron chi connectivity index (χ1n) is 12.0. The maximum Gasteiger partial charge on any atom is 0.490 e. The van der Waals surface area contributed by atoms with Crippen LogP contribution in [-0.4, -0.2) is 34.3 Å². The van der Waals surface area contributed by atoms with Crippen molar-refractivity contribution in [2.24, 2.45) is 0 Å². The van der Waals surface area contributed by atoms with Gasteiger partial charge in [-0.05, 0) is 46.5 Å². The monoisotopic (exact) mass is 533 g/mol. The second-order valence-electron chi connectivity index (χ2n) is 8.63. The van der Waals surface area contributed by atoms with Gasteiger partial charge in [-0.2, -0.15) is 13.2 Å². The number of nitrogens with one attached hydrogen (secondary N) is 2. The van der Waals surface area contributed by atoms with E-state index in [1.165, 1.54) is 22.3 Å². The van der Waals surface area contributed by atoms with Gasteiger partial charge in [0.2, 0.25) is 0 Å². The van der Waals surface area contributed by atoms with E-state index in [-0.39, 0.29) is 0 Å². The number of methoxy groups -OCH3 is 1. The highest BCUT2D eigenvalue weighted by Gasteiger charge is 2.38. The van der Waals surface area contributed by atoms with Gasteiger partial charge in [0.1, 0.15) is 11.6 Å². The molecule has 0 aliphatic rings. The zero-order chi connectivity index (χ0) is 27.8. The highest BCUT2D eigenvalue weighted by Crippen LogP contribution is 2.25. The minimum absolute atomic E-state index is 0.828. The number of para-hydroxylation sites is 2. The van der Waals surface area contributed by atoms with E-state index in [2.05, 4.69) is 75.9 Å². The van der Waals surface area contributed by atoms with Gasteiger partial charge in [-0.1, -0.05) is 72.8 Å². The molecule has 9 heteroatoms. The molecule has 0 amide bonds. The van der Waals surface area contributed by atoms with Crippen LogP contribution in [0.25, 0.3) is 33.5 Å². The van der Waals surface area contributed by atoms with Crippen molar-refractivity contribution in [3.63, 3.8) is 0 Å². The van der Waals surface area contributed by atoms with Gasteiger partial charge in [0.15, 0.2) is 0 Å². The number of fused-ring (bicyclic) bond motifs is 1. The number of aromatic amines is 1. The van der Waals surface area contributed by atoms with Crippen molar-refractivity contribution >= 4 is 17.0 Å². The molecule has 4 aromatic carbocycles. The van der Waals surface area contributed by atoms with E-state index in [9.17, 15) is 13.2 Å². The van der Waals surface area contributed by atoms with Crippen LogP contribution in [0.2, 0.25) is 0 Å². The van der Waals surface area contributed by atoms with Gasteiger partial charge in [0.25, 0.3) is 0 Å². The Bertz CT molecular complexity index is 1480. The summed E-state index contributed by atoms with van der Waals surface area (Å²) in [4.78, 5) is 17.0. The molecule has 0 aliphatic carbocycles. The minimum Gasteiger partial charge on any atom is -0.497 e. The van der Waals surface area contributed by atoms with E-state index in [1.54, 1.807) is 7.11 Å². The van der Waals surface area contributed by atoms with Crippen molar-refractivity contribution in [1.29, 1.82) is 0 Å². The molecule has 200 valence electrons. The van der Waals surface area contributed by atoms with Crippen LogP contribution in [-0.2, 0) is 17.9 Å². The number of alkyl halides is 3. The first-order valence-corrected chi connectivity index (χ1v) is 12.0. The summed E-state index contributed by atoms with van der Waals surface area (Å²) in [6.07, 6.45) is -5.08. The van der Waals surface area contributed by atoms with Crippen LogP contribution in [0.5, 0.6) is 5.75 Å². The lowest BCUT2D eigenvalue weighted by atomic mass is 10.0. The van der Waals surface area contributed by atoms with Crippen molar-refractivity contribution in [3.8, 4) is 28.3 Å². The predicted molar refractivity (Wildman–Crippen MR) is 144 cm³/mol. The van der Waals surface area contributed by atoms with Crippen LogP contribution >= 0.6 is 0 Å². The molecule has 5 rings (SSSR count). The van der Waals surface area contributed by atoms with Gasteiger partial charge in [0, 0.05) is 18.7 Å². The van der Waals surface area contributed by atoms with Crippen LogP contribution in [0.1, 0.15) is 11.1 Å². The lowest BCUT2D eigenvalue weighted by molar-refractivity contribution is -0.192. The molecule has 39 heavy (non-hydrogen) atoms. The molecule has 6 nitrogen and oxygen atoms in total. The molecule has 0 radical (unpaired) electrons. The lowest BCUT2D eigenvalue weighted by Crippen LogP contribution is -2.21. The SMILES string of the molecule is COc1ccc(CNCc2ccc(-c3ccc(-c4nc5ccccc5[nH]4)cc3)cc2)cc1.O=C(O)C(F)(F)F. The molecule has 0 aliphatic heterocycles. The van der Waals surface area contributed by atoms with Gasteiger partial charge in [0.05, 0.1) is 18.1 Å². The number of hydrogen-bond acceptors (Lipinski definition) is 4. The molecule has 0 unspecified atom stereocenters. The highest BCUT2D eigenvalue weighted by molar-refractivity contribution is 5.79. The first kappa shape index (κ1) is 27.4. The zero-order valence-corrected chi connectivity index (χ0v) is 21.0. The minimum atomic E-state index is -5.08. The van der Waals surface area contributed by atoms with Crippen LogP contribution in [0.15, 0.2) is 97.1 Å². The number of rotatable bonds is 7. The predicted octanol–water partition coefficient (Wildman–Crippen LogP) is 6.83. The molecular weight excluding hydrogens is 507 g/mol. The van der Waals surface area contributed by atoms with E-state index in [1.807, 2.05) is 36.4 Å². The summed E-state index contributed by atoms with van der Waals surface area (Å²) in [6.45, 7) is 1.66. The summed E-state index contributed by atoms with van der Waals surface area (Å²) in [7, 11) is 1.69. The van der Waals surface area contributed by atoms with Crippen molar-refractivity contribution in [2.75, 3.05) is 7.11 Å². The topological polar surface area (TPSA) is 87.2 Å². The third-order valence-corrected chi connectivity index (χ3v) is 5.89. The number of ether oxygens (including phenoxy) is 1. The number of carboxylic acid groups (broad SMARTS) is 1. The molecule has 3 N–H and O–H groups in total. The van der Waals surface area contributed by atoms with E-state index >= 15 is 0 Å². The summed E-state index contributed by atoms with van der Waals surface area (Å²) in [5, 5.41) is 10.6. The Morgan fingerprint density at radius 2 is 1.31 bits per heavy atom. The maximum absolute atomic E-state index is 10.6. The fourth-order valence-electron chi connectivity index (χ4n) is 3.82. The van der Waals surface area contributed by atoms with Gasteiger partial charge in [-0.3, -0.25) is 0 Å². The van der Waals surface area contributed by atoms with Crippen molar-refractivity contribution < 1.29 is 27.8 Å². The second kappa shape index (κ2) is 12.3. The number of carboxylic acids is 1. The molecule has 0 bridgehead atoms. The molecule has 0 saturated heterocycles. The lowest BCUT2D eigenvalue weighted by Gasteiger charge is -2.08. The molecule has 0 atom stereocenters. The molecule has 1 heterocycles. The Hall–Kier alpha value is -4.63. The second-order valence-corrected chi connectivity index (χ2v) is 8.63. The Morgan fingerprint density at radius 3 is 1.82 bits per heavy atom. The van der Waals surface area contributed by atoms with Crippen molar-refractivity contribution in [2.45, 2.75) is 19.3 Å². The number of H-pyrrole nitrogens is 1.